The number of hydrogen-bond donors (Lipinski definition) is 1. The number of hydrogen-bond acceptors (Lipinski definition) is 6. The molecule has 1 fully saturated rings. The zero-order valence-corrected chi connectivity index (χ0v) is 13.2. The van der Waals surface area contributed by atoms with Gasteiger partial charge < -0.3 is 9.88 Å². The molecule has 1 aliphatic heterocycles. The molecule has 0 radical (unpaired) electrons. The summed E-state index contributed by atoms with van der Waals surface area (Å²) in [5.74, 6) is -0.0467. The molecule has 122 valence electrons. The number of sulfone groups is 1. The van der Waals surface area contributed by atoms with Crippen molar-refractivity contribution in [2.45, 2.75) is 12.5 Å². The molecule has 1 N–H and O–H groups in total. The van der Waals surface area contributed by atoms with E-state index in [1.54, 1.807) is 24.3 Å². The highest BCUT2D eigenvalue weighted by Crippen LogP contribution is 2.31. The number of nitrogens with one attached hydrogen (secondary N) is 1. The molecule has 23 heavy (non-hydrogen) atoms. The lowest BCUT2D eigenvalue weighted by atomic mass is 10.1. The third-order valence-corrected chi connectivity index (χ3v) is 5.81. The van der Waals surface area contributed by atoms with E-state index in [-0.39, 0.29) is 17.2 Å². The normalized spacial score (nSPS) is 19.8. The van der Waals surface area contributed by atoms with Gasteiger partial charge in [-0.05, 0) is 12.5 Å². The molecule has 0 aliphatic carbocycles. The van der Waals surface area contributed by atoms with Gasteiger partial charge >= 0.3 is 11.2 Å². The quantitative estimate of drug-likeness (QED) is 0.662. The van der Waals surface area contributed by atoms with Gasteiger partial charge in [-0.2, -0.15) is 0 Å². The summed E-state index contributed by atoms with van der Waals surface area (Å²) in [6.07, 6.45) is 0.364. The Labute approximate surface area is 131 Å². The molecular formula is C14H15N3O5S. The maximum absolute atomic E-state index is 12.3. The SMILES string of the molecule is Cn1c(=O)c([N+](=O)[O-])c(N[C@@H]2CCS(=O)(=O)C2)c2ccccc21. The number of benzene rings is 1. The fraction of sp³-hybridized carbons (Fsp3) is 0.357. The molecule has 0 spiro atoms. The van der Waals surface area contributed by atoms with Crippen LogP contribution in [0.5, 0.6) is 0 Å². The molecule has 1 saturated heterocycles. The summed E-state index contributed by atoms with van der Waals surface area (Å²) in [4.78, 5) is 23.0. The minimum absolute atomic E-state index is 0.0429. The average Bonchev–Trinajstić information content (AvgIpc) is 2.83. The minimum Gasteiger partial charge on any atom is -0.375 e. The summed E-state index contributed by atoms with van der Waals surface area (Å²) in [5, 5.41) is 14.8. The zero-order valence-electron chi connectivity index (χ0n) is 12.4. The van der Waals surface area contributed by atoms with E-state index in [0.29, 0.717) is 17.3 Å². The number of fused-ring (bicyclic) bond motifs is 1. The summed E-state index contributed by atoms with van der Waals surface area (Å²) < 4.78 is 24.4. The van der Waals surface area contributed by atoms with Crippen LogP contribution in [0.4, 0.5) is 11.4 Å². The van der Waals surface area contributed by atoms with Gasteiger partial charge in [-0.1, -0.05) is 18.2 Å². The lowest BCUT2D eigenvalue weighted by Gasteiger charge is -2.16. The van der Waals surface area contributed by atoms with Gasteiger partial charge in [0.2, 0.25) is 0 Å². The van der Waals surface area contributed by atoms with Crippen LogP contribution >= 0.6 is 0 Å². The number of aromatic nitrogens is 1. The first kappa shape index (κ1) is 15.5. The Kier molecular flexibility index (Phi) is 3.59. The third kappa shape index (κ3) is 2.67. The van der Waals surface area contributed by atoms with Crippen molar-refractivity contribution >= 4 is 32.1 Å². The van der Waals surface area contributed by atoms with Crippen molar-refractivity contribution in [2.75, 3.05) is 16.8 Å². The van der Waals surface area contributed by atoms with E-state index < -0.39 is 32.0 Å². The molecular weight excluding hydrogens is 322 g/mol. The van der Waals surface area contributed by atoms with E-state index in [4.69, 9.17) is 0 Å². The molecule has 2 heterocycles. The average molecular weight is 337 g/mol. The molecule has 1 atom stereocenters. The van der Waals surface area contributed by atoms with Crippen molar-refractivity contribution in [3.05, 3.63) is 44.7 Å². The van der Waals surface area contributed by atoms with Crippen LogP contribution in [0.15, 0.2) is 29.1 Å². The maximum atomic E-state index is 12.3. The highest BCUT2D eigenvalue weighted by molar-refractivity contribution is 7.91. The standard InChI is InChI=1S/C14H15N3O5S/c1-16-11-5-3-2-4-10(11)12(13(14(16)18)17(19)20)15-9-6-7-23(21,22)8-9/h2-5,9,15H,6-8H2,1H3/t9-/m1/s1. The summed E-state index contributed by atoms with van der Waals surface area (Å²) in [7, 11) is -1.66. The fourth-order valence-corrected chi connectivity index (χ4v) is 4.58. The van der Waals surface area contributed by atoms with Gasteiger partial charge in [-0.3, -0.25) is 14.9 Å². The van der Waals surface area contributed by atoms with E-state index in [9.17, 15) is 23.3 Å². The lowest BCUT2D eigenvalue weighted by Crippen LogP contribution is -2.26. The van der Waals surface area contributed by atoms with Crippen LogP contribution in [-0.4, -0.2) is 35.5 Å². The first-order chi connectivity index (χ1) is 10.8. The van der Waals surface area contributed by atoms with Crippen LogP contribution in [-0.2, 0) is 16.9 Å². The van der Waals surface area contributed by atoms with Crippen molar-refractivity contribution < 1.29 is 13.3 Å². The summed E-state index contributed by atoms with van der Waals surface area (Å²) in [5.41, 5.74) is -0.644. The van der Waals surface area contributed by atoms with Crippen molar-refractivity contribution in [2.24, 2.45) is 7.05 Å². The van der Waals surface area contributed by atoms with E-state index >= 15 is 0 Å². The molecule has 9 heteroatoms. The summed E-state index contributed by atoms with van der Waals surface area (Å²) in [6, 6.07) is 6.38. The predicted molar refractivity (Wildman–Crippen MR) is 86.5 cm³/mol. The highest BCUT2D eigenvalue weighted by atomic mass is 32.2. The van der Waals surface area contributed by atoms with Gasteiger partial charge in [0.1, 0.15) is 5.69 Å². The first-order valence-corrected chi connectivity index (χ1v) is 8.85. The predicted octanol–water partition coefficient (Wildman–Crippen LogP) is 1.05. The molecule has 0 unspecified atom stereocenters. The molecule has 1 aromatic carbocycles. The van der Waals surface area contributed by atoms with Gasteiger partial charge in [-0.25, -0.2) is 8.42 Å². The Morgan fingerprint density at radius 1 is 1.35 bits per heavy atom. The molecule has 3 rings (SSSR count). The Hall–Kier alpha value is -2.42. The van der Waals surface area contributed by atoms with Crippen LogP contribution < -0.4 is 10.9 Å². The second-order valence-corrected chi connectivity index (χ2v) is 7.84. The Bertz CT molecular complexity index is 964. The summed E-state index contributed by atoms with van der Waals surface area (Å²) in [6.45, 7) is 0. The van der Waals surface area contributed by atoms with Gasteiger partial charge in [0.05, 0.1) is 21.9 Å². The number of anilines is 1. The smallest absolute Gasteiger partial charge is 0.357 e. The number of para-hydroxylation sites is 1. The second-order valence-electron chi connectivity index (χ2n) is 5.61. The Morgan fingerprint density at radius 2 is 2.04 bits per heavy atom. The molecule has 0 saturated carbocycles. The summed E-state index contributed by atoms with van der Waals surface area (Å²) >= 11 is 0. The topological polar surface area (TPSA) is 111 Å². The van der Waals surface area contributed by atoms with Gasteiger partial charge in [0.25, 0.3) is 0 Å². The molecule has 0 bridgehead atoms. The largest absolute Gasteiger partial charge is 0.375 e. The van der Waals surface area contributed by atoms with Crippen molar-refractivity contribution in [3.8, 4) is 0 Å². The number of aryl methyl sites for hydroxylation is 1. The van der Waals surface area contributed by atoms with Crippen LogP contribution in [0.25, 0.3) is 10.9 Å². The second kappa shape index (κ2) is 5.34. The Morgan fingerprint density at radius 3 is 2.65 bits per heavy atom. The van der Waals surface area contributed by atoms with E-state index in [1.165, 1.54) is 11.6 Å². The van der Waals surface area contributed by atoms with E-state index in [2.05, 4.69) is 5.32 Å². The highest BCUT2D eigenvalue weighted by Gasteiger charge is 2.32. The Balaban J connectivity index is 2.22. The van der Waals surface area contributed by atoms with Crippen LogP contribution in [0.3, 0.4) is 0 Å². The van der Waals surface area contributed by atoms with Crippen molar-refractivity contribution in [3.63, 3.8) is 0 Å². The van der Waals surface area contributed by atoms with E-state index in [1.807, 2.05) is 0 Å². The monoisotopic (exact) mass is 337 g/mol. The molecule has 8 nitrogen and oxygen atoms in total. The number of nitro groups is 1. The number of nitrogens with zero attached hydrogens (tertiary/aromatic N) is 2. The fourth-order valence-electron chi connectivity index (χ4n) is 2.91. The van der Waals surface area contributed by atoms with Gasteiger partial charge in [-0.15, -0.1) is 0 Å². The molecule has 1 aromatic heterocycles. The van der Waals surface area contributed by atoms with Crippen LogP contribution in [0, 0.1) is 10.1 Å². The van der Waals surface area contributed by atoms with Crippen molar-refractivity contribution in [1.82, 2.24) is 4.57 Å². The van der Waals surface area contributed by atoms with Crippen LogP contribution in [0.2, 0.25) is 0 Å². The molecule has 2 aromatic rings. The third-order valence-electron chi connectivity index (χ3n) is 4.04. The van der Waals surface area contributed by atoms with Crippen LogP contribution in [0.1, 0.15) is 6.42 Å². The number of rotatable bonds is 3. The lowest BCUT2D eigenvalue weighted by molar-refractivity contribution is -0.385. The molecule has 0 amide bonds. The zero-order chi connectivity index (χ0) is 16.8. The van der Waals surface area contributed by atoms with Crippen molar-refractivity contribution in [1.29, 1.82) is 0 Å². The van der Waals surface area contributed by atoms with E-state index in [0.717, 1.165) is 0 Å². The number of pyridine rings is 1. The minimum atomic E-state index is -3.14. The first-order valence-electron chi connectivity index (χ1n) is 7.03. The van der Waals surface area contributed by atoms with Gasteiger partial charge in [0, 0.05) is 18.5 Å². The molecule has 1 aliphatic rings. The van der Waals surface area contributed by atoms with Gasteiger partial charge in [0.15, 0.2) is 9.84 Å². The maximum Gasteiger partial charge on any atom is 0.357 e.